The number of carboxylic acids is 1. The zero-order valence-corrected chi connectivity index (χ0v) is 11.1. The van der Waals surface area contributed by atoms with Crippen LogP contribution in [-0.4, -0.2) is 35.1 Å². The molecule has 0 aromatic rings. The maximum absolute atomic E-state index is 10.9. The summed E-state index contributed by atoms with van der Waals surface area (Å²) in [5.41, 5.74) is 0. The Labute approximate surface area is 104 Å². The summed E-state index contributed by atoms with van der Waals surface area (Å²) in [4.78, 5) is 13.5. The average molecular weight is 239 g/mol. The molecule has 0 aromatic carbocycles. The molecule has 1 N–H and O–H groups in total. The molecule has 0 radical (unpaired) electrons. The van der Waals surface area contributed by atoms with E-state index in [1.807, 2.05) is 0 Å². The van der Waals surface area contributed by atoms with E-state index in [1.54, 1.807) is 0 Å². The highest BCUT2D eigenvalue weighted by Crippen LogP contribution is 2.34. The lowest BCUT2D eigenvalue weighted by atomic mass is 9.76. The minimum Gasteiger partial charge on any atom is -0.481 e. The Morgan fingerprint density at radius 2 is 1.76 bits per heavy atom. The van der Waals surface area contributed by atoms with Crippen LogP contribution < -0.4 is 0 Å². The highest BCUT2D eigenvalue weighted by molar-refractivity contribution is 5.70. The van der Waals surface area contributed by atoms with Gasteiger partial charge in [-0.15, -0.1) is 0 Å². The summed E-state index contributed by atoms with van der Waals surface area (Å²) >= 11 is 0. The smallest absolute Gasteiger partial charge is 0.306 e. The second-order valence-corrected chi connectivity index (χ2v) is 5.98. The van der Waals surface area contributed by atoms with Crippen LogP contribution >= 0.6 is 0 Å². The molecular weight excluding hydrogens is 214 g/mol. The van der Waals surface area contributed by atoms with Crippen molar-refractivity contribution in [3.63, 3.8) is 0 Å². The number of nitrogens with zero attached hydrogens (tertiary/aromatic N) is 1. The van der Waals surface area contributed by atoms with Crippen molar-refractivity contribution in [1.29, 1.82) is 0 Å². The number of likely N-dealkylation sites (tertiary alicyclic amines) is 1. The second-order valence-electron chi connectivity index (χ2n) is 5.98. The first kappa shape index (κ1) is 12.9. The first-order valence-electron chi connectivity index (χ1n) is 7.06. The zero-order valence-electron chi connectivity index (χ0n) is 11.1. The molecular formula is C14H25NO2. The van der Waals surface area contributed by atoms with E-state index in [9.17, 15) is 4.79 Å². The fourth-order valence-electron chi connectivity index (χ4n) is 3.55. The van der Waals surface area contributed by atoms with Gasteiger partial charge < -0.3 is 10.0 Å². The van der Waals surface area contributed by atoms with Gasteiger partial charge in [-0.25, -0.2) is 0 Å². The number of aliphatic carboxylic acids is 1. The van der Waals surface area contributed by atoms with E-state index >= 15 is 0 Å². The topological polar surface area (TPSA) is 40.5 Å². The minimum absolute atomic E-state index is 0.0948. The fraction of sp³-hybridized carbons (Fsp3) is 0.929. The van der Waals surface area contributed by atoms with Crippen LogP contribution in [0.15, 0.2) is 0 Å². The summed E-state index contributed by atoms with van der Waals surface area (Å²) in [6, 6.07) is 0.702. The Balaban J connectivity index is 1.89. The van der Waals surface area contributed by atoms with E-state index in [-0.39, 0.29) is 5.92 Å². The first-order chi connectivity index (χ1) is 8.09. The van der Waals surface area contributed by atoms with Gasteiger partial charge in [0.05, 0.1) is 5.92 Å². The van der Waals surface area contributed by atoms with Gasteiger partial charge in [0.2, 0.25) is 0 Å². The molecule has 1 heterocycles. The highest BCUT2D eigenvalue weighted by atomic mass is 16.4. The predicted octanol–water partition coefficient (Wildman–Crippen LogP) is 2.61. The summed E-state index contributed by atoms with van der Waals surface area (Å²) in [6.07, 6.45) is 5.70. The van der Waals surface area contributed by atoms with Gasteiger partial charge in [-0.05, 0) is 44.2 Å². The SMILES string of the molecule is CC1CCCC(N2CCC(C(=O)O)CC2)C1C. The molecule has 3 atom stereocenters. The molecule has 1 aliphatic carbocycles. The fourth-order valence-corrected chi connectivity index (χ4v) is 3.55. The predicted molar refractivity (Wildman–Crippen MR) is 67.9 cm³/mol. The lowest BCUT2D eigenvalue weighted by Crippen LogP contribution is -2.48. The van der Waals surface area contributed by atoms with Crippen LogP contribution in [0.25, 0.3) is 0 Å². The molecule has 0 bridgehead atoms. The molecule has 1 saturated heterocycles. The average Bonchev–Trinajstić information content (AvgIpc) is 2.33. The van der Waals surface area contributed by atoms with Gasteiger partial charge in [0.15, 0.2) is 0 Å². The molecule has 3 heteroatoms. The molecule has 0 amide bonds. The monoisotopic (exact) mass is 239 g/mol. The van der Waals surface area contributed by atoms with Crippen molar-refractivity contribution in [2.45, 2.75) is 52.0 Å². The van der Waals surface area contributed by atoms with Crippen molar-refractivity contribution < 1.29 is 9.90 Å². The van der Waals surface area contributed by atoms with Crippen molar-refractivity contribution in [3.05, 3.63) is 0 Å². The number of carboxylic acid groups (broad SMARTS) is 1. The number of hydrogen-bond donors (Lipinski definition) is 1. The largest absolute Gasteiger partial charge is 0.481 e. The Morgan fingerprint density at radius 1 is 1.12 bits per heavy atom. The normalized spacial score (nSPS) is 36.9. The molecule has 3 unspecified atom stereocenters. The quantitative estimate of drug-likeness (QED) is 0.805. The van der Waals surface area contributed by atoms with E-state index in [4.69, 9.17) is 5.11 Å². The lowest BCUT2D eigenvalue weighted by Gasteiger charge is -2.44. The molecule has 0 spiro atoms. The maximum atomic E-state index is 10.9. The summed E-state index contributed by atoms with van der Waals surface area (Å²) in [6.45, 7) is 6.70. The highest BCUT2D eigenvalue weighted by Gasteiger charge is 2.34. The minimum atomic E-state index is -0.602. The third kappa shape index (κ3) is 2.82. The van der Waals surface area contributed by atoms with Crippen LogP contribution in [0.5, 0.6) is 0 Å². The van der Waals surface area contributed by atoms with Crippen molar-refractivity contribution >= 4 is 5.97 Å². The standard InChI is InChI=1S/C14H25NO2/c1-10-4-3-5-13(11(10)2)15-8-6-12(7-9-15)14(16)17/h10-13H,3-9H2,1-2H3,(H,16,17). The molecule has 1 aliphatic heterocycles. The van der Waals surface area contributed by atoms with Gasteiger partial charge in [-0.3, -0.25) is 4.79 Å². The lowest BCUT2D eigenvalue weighted by molar-refractivity contribution is -0.143. The van der Waals surface area contributed by atoms with E-state index < -0.39 is 5.97 Å². The second kappa shape index (κ2) is 5.38. The van der Waals surface area contributed by atoms with Gasteiger partial charge in [0.25, 0.3) is 0 Å². The van der Waals surface area contributed by atoms with Gasteiger partial charge >= 0.3 is 5.97 Å². The van der Waals surface area contributed by atoms with Crippen molar-refractivity contribution in [1.82, 2.24) is 4.90 Å². The number of rotatable bonds is 2. The van der Waals surface area contributed by atoms with Crippen LogP contribution in [-0.2, 0) is 4.79 Å². The molecule has 98 valence electrons. The van der Waals surface area contributed by atoms with E-state index in [2.05, 4.69) is 18.7 Å². The molecule has 0 aromatic heterocycles. The van der Waals surface area contributed by atoms with Gasteiger partial charge in [0.1, 0.15) is 0 Å². The molecule has 2 fully saturated rings. The van der Waals surface area contributed by atoms with E-state index in [1.165, 1.54) is 19.3 Å². The Kier molecular flexibility index (Phi) is 4.08. The first-order valence-corrected chi connectivity index (χ1v) is 7.06. The Bertz CT molecular complexity index is 271. The Hall–Kier alpha value is -0.570. The van der Waals surface area contributed by atoms with Crippen LogP contribution in [0.4, 0.5) is 0 Å². The molecule has 2 rings (SSSR count). The van der Waals surface area contributed by atoms with Gasteiger partial charge in [0, 0.05) is 6.04 Å². The summed E-state index contributed by atoms with van der Waals surface area (Å²) in [5.74, 6) is 0.897. The molecule has 2 aliphatic rings. The molecule has 3 nitrogen and oxygen atoms in total. The van der Waals surface area contributed by atoms with Gasteiger partial charge in [-0.2, -0.15) is 0 Å². The maximum Gasteiger partial charge on any atom is 0.306 e. The van der Waals surface area contributed by atoms with Crippen LogP contribution in [0.2, 0.25) is 0 Å². The molecule has 17 heavy (non-hydrogen) atoms. The number of hydrogen-bond acceptors (Lipinski definition) is 2. The van der Waals surface area contributed by atoms with Gasteiger partial charge in [-0.1, -0.05) is 26.7 Å². The number of piperidine rings is 1. The van der Waals surface area contributed by atoms with E-state index in [0.717, 1.165) is 37.8 Å². The third-order valence-corrected chi connectivity index (χ3v) is 5.01. The Morgan fingerprint density at radius 3 is 2.35 bits per heavy atom. The summed E-state index contributed by atoms with van der Waals surface area (Å²) in [5, 5.41) is 9.01. The van der Waals surface area contributed by atoms with Crippen LogP contribution in [0.3, 0.4) is 0 Å². The van der Waals surface area contributed by atoms with Crippen molar-refractivity contribution in [2.24, 2.45) is 17.8 Å². The summed E-state index contributed by atoms with van der Waals surface area (Å²) in [7, 11) is 0. The molecule has 1 saturated carbocycles. The van der Waals surface area contributed by atoms with Crippen molar-refractivity contribution in [2.75, 3.05) is 13.1 Å². The number of carbonyl (C=O) groups is 1. The van der Waals surface area contributed by atoms with Crippen LogP contribution in [0, 0.1) is 17.8 Å². The summed E-state index contributed by atoms with van der Waals surface area (Å²) < 4.78 is 0. The van der Waals surface area contributed by atoms with Crippen LogP contribution in [0.1, 0.15) is 46.0 Å². The third-order valence-electron chi connectivity index (χ3n) is 5.01. The van der Waals surface area contributed by atoms with E-state index in [0.29, 0.717) is 6.04 Å². The zero-order chi connectivity index (χ0) is 12.4. The van der Waals surface area contributed by atoms with Crippen molar-refractivity contribution in [3.8, 4) is 0 Å².